The number of piperidine rings is 1. The van der Waals surface area contributed by atoms with Gasteiger partial charge in [-0.2, -0.15) is 0 Å². The van der Waals surface area contributed by atoms with Gasteiger partial charge in [0.2, 0.25) is 0 Å². The summed E-state index contributed by atoms with van der Waals surface area (Å²) >= 11 is 0. The Labute approximate surface area is 128 Å². The normalized spacial score (nSPS) is 18.5. The number of furan rings is 1. The van der Waals surface area contributed by atoms with Gasteiger partial charge in [0.15, 0.2) is 5.76 Å². The van der Waals surface area contributed by atoms with Crippen LogP contribution >= 0.6 is 0 Å². The lowest BCUT2D eigenvalue weighted by molar-refractivity contribution is -0.147. The van der Waals surface area contributed by atoms with Crippen molar-refractivity contribution in [2.24, 2.45) is 0 Å². The van der Waals surface area contributed by atoms with Crippen molar-refractivity contribution in [3.63, 3.8) is 0 Å². The highest BCUT2D eigenvalue weighted by atomic mass is 16.5. The molecule has 1 fully saturated rings. The van der Waals surface area contributed by atoms with Crippen molar-refractivity contribution >= 4 is 22.8 Å². The summed E-state index contributed by atoms with van der Waals surface area (Å²) in [5.74, 6) is -0.275. The van der Waals surface area contributed by atoms with E-state index in [1.807, 2.05) is 31.2 Å². The zero-order chi connectivity index (χ0) is 15.7. The van der Waals surface area contributed by atoms with Gasteiger partial charge in [0.05, 0.1) is 7.11 Å². The summed E-state index contributed by atoms with van der Waals surface area (Å²) < 4.78 is 10.6. The number of para-hydroxylation sites is 1. The molecular formula is C17H19NO4. The Kier molecular flexibility index (Phi) is 3.88. The van der Waals surface area contributed by atoms with Crippen LogP contribution in [0, 0.1) is 6.92 Å². The number of nitrogens with zero attached hydrogens (tertiary/aromatic N) is 1. The molecule has 0 radical (unpaired) electrons. The maximum absolute atomic E-state index is 12.8. The van der Waals surface area contributed by atoms with Gasteiger partial charge < -0.3 is 14.1 Å². The van der Waals surface area contributed by atoms with Crippen LogP contribution in [0.4, 0.5) is 0 Å². The van der Waals surface area contributed by atoms with Crippen LogP contribution in [-0.2, 0) is 9.53 Å². The molecule has 5 nitrogen and oxygen atoms in total. The zero-order valence-corrected chi connectivity index (χ0v) is 12.8. The fraction of sp³-hybridized carbons (Fsp3) is 0.412. The monoisotopic (exact) mass is 301 g/mol. The van der Waals surface area contributed by atoms with Crippen molar-refractivity contribution in [2.45, 2.75) is 32.2 Å². The average Bonchev–Trinajstić information content (AvgIpc) is 2.91. The molecule has 5 heteroatoms. The number of aryl methyl sites for hydroxylation is 1. The summed E-state index contributed by atoms with van der Waals surface area (Å²) in [4.78, 5) is 26.4. The second-order valence-corrected chi connectivity index (χ2v) is 5.59. The quantitative estimate of drug-likeness (QED) is 0.800. The fourth-order valence-electron chi connectivity index (χ4n) is 3.06. The van der Waals surface area contributed by atoms with Crippen LogP contribution in [0.2, 0.25) is 0 Å². The number of fused-ring (bicyclic) bond motifs is 1. The molecule has 0 bridgehead atoms. The van der Waals surface area contributed by atoms with E-state index in [-0.39, 0.29) is 11.9 Å². The van der Waals surface area contributed by atoms with E-state index in [0.717, 1.165) is 23.8 Å². The Morgan fingerprint density at radius 3 is 2.77 bits per heavy atom. The van der Waals surface area contributed by atoms with Crippen LogP contribution in [0.3, 0.4) is 0 Å². The second kappa shape index (κ2) is 5.83. The van der Waals surface area contributed by atoms with E-state index >= 15 is 0 Å². The third-order valence-electron chi connectivity index (χ3n) is 4.27. The van der Waals surface area contributed by atoms with Crippen LogP contribution in [0.1, 0.15) is 35.4 Å². The number of carbonyl (C=O) groups excluding carboxylic acids is 2. The van der Waals surface area contributed by atoms with Gasteiger partial charge >= 0.3 is 5.97 Å². The van der Waals surface area contributed by atoms with Crippen molar-refractivity contribution in [1.82, 2.24) is 4.90 Å². The molecule has 22 heavy (non-hydrogen) atoms. The standard InChI is InChI=1S/C17H19NO4/c1-11-12-7-3-4-9-14(12)22-15(11)16(19)18-10-6-5-8-13(18)17(20)21-2/h3-4,7,9,13H,5-6,8,10H2,1-2H3. The smallest absolute Gasteiger partial charge is 0.328 e. The van der Waals surface area contributed by atoms with Crippen molar-refractivity contribution in [3.05, 3.63) is 35.6 Å². The van der Waals surface area contributed by atoms with E-state index in [0.29, 0.717) is 24.3 Å². The van der Waals surface area contributed by atoms with E-state index < -0.39 is 6.04 Å². The van der Waals surface area contributed by atoms with E-state index in [2.05, 4.69) is 0 Å². The Morgan fingerprint density at radius 1 is 1.27 bits per heavy atom. The summed E-state index contributed by atoms with van der Waals surface area (Å²) in [7, 11) is 1.35. The van der Waals surface area contributed by atoms with Crippen LogP contribution in [-0.4, -0.2) is 36.5 Å². The molecule has 0 aliphatic carbocycles. The average molecular weight is 301 g/mol. The number of likely N-dealkylation sites (tertiary alicyclic amines) is 1. The van der Waals surface area contributed by atoms with Gasteiger partial charge in [-0.15, -0.1) is 0 Å². The summed E-state index contributed by atoms with van der Waals surface area (Å²) in [6, 6.07) is 7.04. The van der Waals surface area contributed by atoms with Gasteiger partial charge in [-0.05, 0) is 32.3 Å². The van der Waals surface area contributed by atoms with Gasteiger partial charge in [0.1, 0.15) is 11.6 Å². The number of hydrogen-bond acceptors (Lipinski definition) is 4. The SMILES string of the molecule is COC(=O)C1CCCCN1C(=O)c1oc2ccccc2c1C. The molecule has 3 rings (SSSR count). The number of carbonyl (C=O) groups is 2. The molecule has 1 saturated heterocycles. The highest BCUT2D eigenvalue weighted by molar-refractivity contribution is 6.00. The lowest BCUT2D eigenvalue weighted by Crippen LogP contribution is -2.48. The molecule has 1 aromatic heterocycles. The first kappa shape index (κ1) is 14.6. The Morgan fingerprint density at radius 2 is 2.05 bits per heavy atom. The molecule has 0 N–H and O–H groups in total. The lowest BCUT2D eigenvalue weighted by atomic mass is 10.0. The molecule has 2 aromatic rings. The number of rotatable bonds is 2. The minimum absolute atomic E-state index is 0.233. The first-order valence-electron chi connectivity index (χ1n) is 7.50. The van der Waals surface area contributed by atoms with Gasteiger partial charge in [0, 0.05) is 17.5 Å². The molecule has 0 saturated carbocycles. The van der Waals surface area contributed by atoms with Gasteiger partial charge in [0.25, 0.3) is 5.91 Å². The maximum atomic E-state index is 12.8. The fourth-order valence-corrected chi connectivity index (χ4v) is 3.06. The minimum atomic E-state index is -0.515. The molecule has 1 aliphatic heterocycles. The lowest BCUT2D eigenvalue weighted by Gasteiger charge is -2.33. The van der Waals surface area contributed by atoms with Crippen molar-refractivity contribution in [3.8, 4) is 0 Å². The molecule has 116 valence electrons. The Balaban J connectivity index is 1.97. The largest absolute Gasteiger partial charge is 0.467 e. The van der Waals surface area contributed by atoms with E-state index in [1.165, 1.54) is 7.11 Å². The predicted octanol–water partition coefficient (Wildman–Crippen LogP) is 2.91. The molecular weight excluding hydrogens is 282 g/mol. The minimum Gasteiger partial charge on any atom is -0.467 e. The molecule has 1 aliphatic rings. The van der Waals surface area contributed by atoms with E-state index in [4.69, 9.17) is 9.15 Å². The third kappa shape index (κ3) is 2.36. The zero-order valence-electron chi connectivity index (χ0n) is 12.8. The number of amides is 1. The van der Waals surface area contributed by atoms with E-state index in [1.54, 1.807) is 4.90 Å². The Hall–Kier alpha value is -2.30. The molecule has 1 atom stereocenters. The highest BCUT2D eigenvalue weighted by Gasteiger charge is 2.35. The molecule has 1 amide bonds. The molecule has 0 spiro atoms. The van der Waals surface area contributed by atoms with Gasteiger partial charge in [-0.3, -0.25) is 4.79 Å². The first-order chi connectivity index (χ1) is 10.6. The maximum Gasteiger partial charge on any atom is 0.328 e. The summed E-state index contributed by atoms with van der Waals surface area (Å²) in [5, 5.41) is 0.928. The highest BCUT2D eigenvalue weighted by Crippen LogP contribution is 2.28. The summed E-state index contributed by atoms with van der Waals surface area (Å²) in [5.41, 5.74) is 1.50. The van der Waals surface area contributed by atoms with Crippen molar-refractivity contribution in [1.29, 1.82) is 0 Å². The molecule has 1 unspecified atom stereocenters. The Bertz CT molecular complexity index is 719. The van der Waals surface area contributed by atoms with Crippen LogP contribution in [0.5, 0.6) is 0 Å². The number of ether oxygens (including phenoxy) is 1. The first-order valence-corrected chi connectivity index (χ1v) is 7.50. The summed E-state index contributed by atoms with van der Waals surface area (Å²) in [6.45, 7) is 2.42. The van der Waals surface area contributed by atoms with Crippen molar-refractivity contribution < 1.29 is 18.7 Å². The van der Waals surface area contributed by atoms with Gasteiger partial charge in [-0.25, -0.2) is 4.79 Å². The third-order valence-corrected chi connectivity index (χ3v) is 4.27. The van der Waals surface area contributed by atoms with Crippen molar-refractivity contribution in [2.75, 3.05) is 13.7 Å². The summed E-state index contributed by atoms with van der Waals surface area (Å²) in [6.07, 6.45) is 2.44. The van der Waals surface area contributed by atoms with Crippen LogP contribution in [0.25, 0.3) is 11.0 Å². The van der Waals surface area contributed by atoms with Crippen LogP contribution < -0.4 is 0 Å². The molecule has 1 aromatic carbocycles. The second-order valence-electron chi connectivity index (χ2n) is 5.59. The number of esters is 1. The predicted molar refractivity (Wildman–Crippen MR) is 81.6 cm³/mol. The number of methoxy groups -OCH3 is 1. The number of hydrogen-bond donors (Lipinski definition) is 0. The topological polar surface area (TPSA) is 59.8 Å². The van der Waals surface area contributed by atoms with Gasteiger partial charge in [-0.1, -0.05) is 18.2 Å². The van der Waals surface area contributed by atoms with Crippen LogP contribution in [0.15, 0.2) is 28.7 Å². The molecule has 2 heterocycles. The number of benzene rings is 1. The van der Waals surface area contributed by atoms with E-state index in [9.17, 15) is 9.59 Å².